The molecule has 0 amide bonds. The van der Waals surface area contributed by atoms with Crippen LogP contribution in [0.4, 0.5) is 0 Å². The van der Waals surface area contributed by atoms with Crippen molar-refractivity contribution in [1.82, 2.24) is 29.9 Å². The van der Waals surface area contributed by atoms with Gasteiger partial charge in [0.05, 0.1) is 18.8 Å². The van der Waals surface area contributed by atoms with Gasteiger partial charge in [-0.3, -0.25) is 4.68 Å². The minimum atomic E-state index is 0.338. The molecule has 0 spiro atoms. The van der Waals surface area contributed by atoms with Gasteiger partial charge in [-0.15, -0.1) is 10.2 Å². The van der Waals surface area contributed by atoms with Gasteiger partial charge in [0.25, 0.3) is 0 Å². The van der Waals surface area contributed by atoms with Crippen molar-refractivity contribution < 1.29 is 0 Å². The fraction of sp³-hybridized carbons (Fsp3) is 0.706. The van der Waals surface area contributed by atoms with Crippen LogP contribution in [-0.4, -0.2) is 30.6 Å². The van der Waals surface area contributed by atoms with Gasteiger partial charge in [0.1, 0.15) is 12.2 Å². The third-order valence-electron chi connectivity index (χ3n) is 4.77. The smallest absolute Gasteiger partial charge is 0.147 e. The van der Waals surface area contributed by atoms with Crippen LogP contribution in [0.15, 0.2) is 12.4 Å². The second-order valence-electron chi connectivity index (χ2n) is 6.84. The van der Waals surface area contributed by atoms with E-state index in [0.29, 0.717) is 12.1 Å². The summed E-state index contributed by atoms with van der Waals surface area (Å²) in [5.74, 6) is 1.05. The average molecular weight is 316 g/mol. The van der Waals surface area contributed by atoms with Gasteiger partial charge in [0.2, 0.25) is 0 Å². The zero-order chi connectivity index (χ0) is 16.2. The Morgan fingerprint density at radius 1 is 1.26 bits per heavy atom. The number of hydrogen-bond donors (Lipinski definition) is 1. The van der Waals surface area contributed by atoms with E-state index in [4.69, 9.17) is 0 Å². The molecule has 0 saturated heterocycles. The van der Waals surface area contributed by atoms with E-state index in [9.17, 15) is 0 Å². The first kappa shape index (κ1) is 16.2. The van der Waals surface area contributed by atoms with Gasteiger partial charge in [-0.25, -0.2) is 0 Å². The van der Waals surface area contributed by atoms with Crippen LogP contribution in [0.25, 0.3) is 0 Å². The van der Waals surface area contributed by atoms with Crippen molar-refractivity contribution in [1.29, 1.82) is 0 Å². The van der Waals surface area contributed by atoms with Crippen LogP contribution in [0.1, 0.15) is 62.3 Å². The standard InChI is InChI=1S/C17H28N6/c1-13-9-15(3)23(21-13)11-14(2)18-10-17-20-19-12-22(17)16-7-5-4-6-8-16/h9,12,14,16,18H,4-8,10-11H2,1-3H3. The molecule has 2 aromatic heterocycles. The van der Waals surface area contributed by atoms with Crippen LogP contribution in [0.5, 0.6) is 0 Å². The minimum absolute atomic E-state index is 0.338. The number of hydrogen-bond acceptors (Lipinski definition) is 4. The van der Waals surface area contributed by atoms with E-state index in [-0.39, 0.29) is 0 Å². The highest BCUT2D eigenvalue weighted by Gasteiger charge is 2.18. The fourth-order valence-electron chi connectivity index (χ4n) is 3.51. The molecule has 0 aromatic carbocycles. The quantitative estimate of drug-likeness (QED) is 0.890. The molecular weight excluding hydrogens is 288 g/mol. The van der Waals surface area contributed by atoms with Crippen LogP contribution in [0.3, 0.4) is 0 Å². The van der Waals surface area contributed by atoms with E-state index in [0.717, 1.165) is 24.6 Å². The van der Waals surface area contributed by atoms with Gasteiger partial charge in [-0.05, 0) is 39.7 Å². The Bertz CT molecular complexity index is 623. The first-order valence-corrected chi connectivity index (χ1v) is 8.76. The van der Waals surface area contributed by atoms with Crippen LogP contribution >= 0.6 is 0 Å². The van der Waals surface area contributed by atoms with E-state index in [1.165, 1.54) is 37.8 Å². The Balaban J connectivity index is 1.56. The van der Waals surface area contributed by atoms with Crippen LogP contribution in [0, 0.1) is 13.8 Å². The first-order chi connectivity index (χ1) is 11.1. The van der Waals surface area contributed by atoms with Crippen molar-refractivity contribution in [3.63, 3.8) is 0 Å². The maximum atomic E-state index is 4.53. The minimum Gasteiger partial charge on any atom is -0.313 e. The molecule has 23 heavy (non-hydrogen) atoms. The van der Waals surface area contributed by atoms with Crippen molar-refractivity contribution in [2.75, 3.05) is 0 Å². The van der Waals surface area contributed by atoms with Gasteiger partial charge >= 0.3 is 0 Å². The highest BCUT2D eigenvalue weighted by Crippen LogP contribution is 2.28. The van der Waals surface area contributed by atoms with Crippen molar-refractivity contribution >= 4 is 0 Å². The predicted molar refractivity (Wildman–Crippen MR) is 90.1 cm³/mol. The van der Waals surface area contributed by atoms with Crippen LogP contribution in [-0.2, 0) is 13.1 Å². The number of aryl methyl sites for hydroxylation is 2. The molecule has 6 heteroatoms. The summed E-state index contributed by atoms with van der Waals surface area (Å²) in [7, 11) is 0. The highest BCUT2D eigenvalue weighted by molar-refractivity contribution is 5.06. The summed E-state index contributed by atoms with van der Waals surface area (Å²) >= 11 is 0. The molecule has 1 aliphatic rings. The molecule has 1 aliphatic carbocycles. The highest BCUT2D eigenvalue weighted by atomic mass is 15.3. The van der Waals surface area contributed by atoms with Crippen molar-refractivity contribution in [3.8, 4) is 0 Å². The van der Waals surface area contributed by atoms with Gasteiger partial charge < -0.3 is 9.88 Å². The van der Waals surface area contributed by atoms with Crippen LogP contribution < -0.4 is 5.32 Å². The topological polar surface area (TPSA) is 60.6 Å². The van der Waals surface area contributed by atoms with E-state index < -0.39 is 0 Å². The van der Waals surface area contributed by atoms with E-state index in [1.807, 2.05) is 13.3 Å². The third-order valence-corrected chi connectivity index (χ3v) is 4.77. The molecule has 1 N–H and O–H groups in total. The molecule has 0 aliphatic heterocycles. The lowest BCUT2D eigenvalue weighted by Gasteiger charge is -2.24. The molecule has 0 bridgehead atoms. The molecule has 1 atom stereocenters. The average Bonchev–Trinajstić information content (AvgIpc) is 3.13. The number of aromatic nitrogens is 5. The normalized spacial score (nSPS) is 17.5. The van der Waals surface area contributed by atoms with Crippen LogP contribution in [0.2, 0.25) is 0 Å². The van der Waals surface area contributed by atoms with Gasteiger partial charge in [-0.1, -0.05) is 19.3 Å². The monoisotopic (exact) mass is 316 g/mol. The molecular formula is C17H28N6. The lowest BCUT2D eigenvalue weighted by Crippen LogP contribution is -2.32. The Labute approximate surface area is 138 Å². The summed E-state index contributed by atoms with van der Waals surface area (Å²) < 4.78 is 4.35. The summed E-state index contributed by atoms with van der Waals surface area (Å²) in [5.41, 5.74) is 2.29. The summed E-state index contributed by atoms with van der Waals surface area (Å²) in [6.07, 6.45) is 8.43. The molecule has 0 radical (unpaired) electrons. The fourth-order valence-corrected chi connectivity index (χ4v) is 3.51. The molecule has 126 valence electrons. The summed E-state index contributed by atoms with van der Waals surface area (Å²) in [5, 5.41) is 16.5. The maximum absolute atomic E-state index is 4.53. The summed E-state index contributed by atoms with van der Waals surface area (Å²) in [4.78, 5) is 0. The molecule has 2 aromatic rings. The molecule has 1 fully saturated rings. The van der Waals surface area contributed by atoms with E-state index in [2.05, 4.69) is 49.8 Å². The SMILES string of the molecule is Cc1cc(C)n(CC(C)NCc2nncn2C2CCCCC2)n1. The van der Waals surface area contributed by atoms with Crippen molar-refractivity contribution in [2.24, 2.45) is 0 Å². The van der Waals surface area contributed by atoms with Gasteiger partial charge in [-0.2, -0.15) is 5.10 Å². The Hall–Kier alpha value is -1.69. The molecule has 1 saturated carbocycles. The largest absolute Gasteiger partial charge is 0.313 e. The Morgan fingerprint density at radius 3 is 2.74 bits per heavy atom. The number of nitrogens with one attached hydrogen (secondary N) is 1. The molecule has 2 heterocycles. The molecule has 1 unspecified atom stereocenters. The second kappa shape index (κ2) is 7.25. The second-order valence-corrected chi connectivity index (χ2v) is 6.84. The zero-order valence-corrected chi connectivity index (χ0v) is 14.5. The zero-order valence-electron chi connectivity index (χ0n) is 14.5. The van der Waals surface area contributed by atoms with Crippen molar-refractivity contribution in [2.45, 2.75) is 78.0 Å². The molecule has 6 nitrogen and oxygen atoms in total. The Morgan fingerprint density at radius 2 is 2.04 bits per heavy atom. The predicted octanol–water partition coefficient (Wildman–Crippen LogP) is 2.77. The maximum Gasteiger partial charge on any atom is 0.147 e. The third kappa shape index (κ3) is 3.99. The van der Waals surface area contributed by atoms with Gasteiger partial charge in [0, 0.05) is 17.8 Å². The number of nitrogens with zero attached hydrogens (tertiary/aromatic N) is 5. The van der Waals surface area contributed by atoms with E-state index >= 15 is 0 Å². The Kier molecular flexibility index (Phi) is 5.10. The van der Waals surface area contributed by atoms with Crippen molar-refractivity contribution in [3.05, 3.63) is 29.6 Å². The lowest BCUT2D eigenvalue weighted by atomic mass is 9.95. The van der Waals surface area contributed by atoms with Gasteiger partial charge in [0.15, 0.2) is 0 Å². The van der Waals surface area contributed by atoms with E-state index in [1.54, 1.807) is 0 Å². The number of rotatable bonds is 6. The summed E-state index contributed by atoms with van der Waals surface area (Å²) in [6.45, 7) is 7.96. The molecule has 3 rings (SSSR count). The summed E-state index contributed by atoms with van der Waals surface area (Å²) in [6, 6.07) is 3.04. The first-order valence-electron chi connectivity index (χ1n) is 8.76. The lowest BCUT2D eigenvalue weighted by molar-refractivity contribution is 0.339.